The molecule has 19 heavy (non-hydrogen) atoms. The fraction of sp³-hybridized carbons (Fsp3) is 0.235. The number of aromatic nitrogens is 2. The first-order valence-corrected chi connectivity index (χ1v) is 6.73. The van der Waals surface area contributed by atoms with Gasteiger partial charge in [0, 0.05) is 23.2 Å². The Hall–Kier alpha value is -2.09. The van der Waals surface area contributed by atoms with Crippen LogP contribution in [0.4, 0.5) is 0 Å². The highest BCUT2D eigenvalue weighted by molar-refractivity contribution is 5.76. The molecule has 0 radical (unpaired) electrons. The molecule has 0 unspecified atom stereocenters. The Morgan fingerprint density at radius 3 is 2.63 bits per heavy atom. The summed E-state index contributed by atoms with van der Waals surface area (Å²) in [6.07, 6.45) is 4.98. The summed E-state index contributed by atoms with van der Waals surface area (Å²) < 4.78 is 0. The molecule has 96 valence electrons. The van der Waals surface area contributed by atoms with Crippen molar-refractivity contribution in [2.75, 3.05) is 0 Å². The van der Waals surface area contributed by atoms with Crippen LogP contribution < -0.4 is 0 Å². The number of fused-ring (bicyclic) bond motifs is 1. The Labute approximate surface area is 113 Å². The van der Waals surface area contributed by atoms with Crippen LogP contribution in [0.25, 0.3) is 11.0 Å². The molecule has 0 saturated carbocycles. The van der Waals surface area contributed by atoms with E-state index in [0.29, 0.717) is 0 Å². The van der Waals surface area contributed by atoms with Crippen LogP contribution >= 0.6 is 0 Å². The van der Waals surface area contributed by atoms with E-state index in [1.807, 2.05) is 12.4 Å². The number of nitrogens with zero attached hydrogens (tertiary/aromatic N) is 1. The van der Waals surface area contributed by atoms with Gasteiger partial charge in [0.15, 0.2) is 0 Å². The molecule has 0 fully saturated rings. The molecule has 2 heterocycles. The van der Waals surface area contributed by atoms with Gasteiger partial charge in [-0.1, -0.05) is 44.2 Å². The van der Waals surface area contributed by atoms with Gasteiger partial charge in [0.1, 0.15) is 5.65 Å². The summed E-state index contributed by atoms with van der Waals surface area (Å²) >= 11 is 0. The Kier molecular flexibility index (Phi) is 2.86. The Balaban J connectivity index is 2.15. The van der Waals surface area contributed by atoms with Crippen LogP contribution in [0.2, 0.25) is 0 Å². The van der Waals surface area contributed by atoms with E-state index in [0.717, 1.165) is 12.1 Å². The minimum Gasteiger partial charge on any atom is -0.346 e. The van der Waals surface area contributed by atoms with Crippen LogP contribution in [0, 0.1) is 0 Å². The van der Waals surface area contributed by atoms with E-state index in [2.05, 4.69) is 66.3 Å². The third-order valence-corrected chi connectivity index (χ3v) is 4.16. The van der Waals surface area contributed by atoms with Gasteiger partial charge in [-0.05, 0) is 29.7 Å². The van der Waals surface area contributed by atoms with Crippen LogP contribution in [-0.2, 0) is 5.41 Å². The smallest absolute Gasteiger partial charge is 0.137 e. The zero-order chi connectivity index (χ0) is 13.3. The summed E-state index contributed by atoms with van der Waals surface area (Å²) in [7, 11) is 0. The number of H-pyrrole nitrogens is 1. The highest BCUT2D eigenvalue weighted by Gasteiger charge is 2.27. The van der Waals surface area contributed by atoms with Crippen LogP contribution in [-0.4, -0.2) is 9.97 Å². The monoisotopic (exact) mass is 250 g/mol. The molecular formula is C17H18N2. The van der Waals surface area contributed by atoms with E-state index in [1.54, 1.807) is 0 Å². The van der Waals surface area contributed by atoms with Crippen molar-refractivity contribution in [2.24, 2.45) is 0 Å². The van der Waals surface area contributed by atoms with Gasteiger partial charge in [-0.15, -0.1) is 0 Å². The first-order valence-electron chi connectivity index (χ1n) is 6.73. The number of pyridine rings is 1. The largest absolute Gasteiger partial charge is 0.346 e. The lowest BCUT2D eigenvalue weighted by molar-refractivity contribution is 0.548. The molecule has 0 aliphatic heterocycles. The quantitative estimate of drug-likeness (QED) is 0.738. The number of hydrogen-bond acceptors (Lipinski definition) is 1. The van der Waals surface area contributed by atoms with E-state index < -0.39 is 0 Å². The van der Waals surface area contributed by atoms with Gasteiger partial charge >= 0.3 is 0 Å². The van der Waals surface area contributed by atoms with Gasteiger partial charge < -0.3 is 4.98 Å². The Bertz CT molecular complexity index is 685. The maximum atomic E-state index is 4.53. The first-order chi connectivity index (χ1) is 9.24. The predicted molar refractivity (Wildman–Crippen MR) is 79.3 cm³/mol. The van der Waals surface area contributed by atoms with E-state index in [9.17, 15) is 0 Å². The lowest BCUT2D eigenvalue weighted by Gasteiger charge is -2.29. The molecule has 1 N–H and O–H groups in total. The van der Waals surface area contributed by atoms with Crippen LogP contribution in [0.5, 0.6) is 0 Å². The molecule has 0 bridgehead atoms. The van der Waals surface area contributed by atoms with E-state index in [4.69, 9.17) is 0 Å². The van der Waals surface area contributed by atoms with Gasteiger partial charge in [0.05, 0.1) is 0 Å². The lowest BCUT2D eigenvalue weighted by Crippen LogP contribution is -2.22. The molecule has 2 aromatic heterocycles. The van der Waals surface area contributed by atoms with Crippen LogP contribution in [0.15, 0.2) is 54.9 Å². The minimum atomic E-state index is 0.0136. The second-order valence-corrected chi connectivity index (χ2v) is 5.19. The normalized spacial score (nSPS) is 14.4. The predicted octanol–water partition coefficient (Wildman–Crippen LogP) is 4.28. The summed E-state index contributed by atoms with van der Waals surface area (Å²) in [5.41, 5.74) is 3.58. The topological polar surface area (TPSA) is 28.7 Å². The van der Waals surface area contributed by atoms with Crippen LogP contribution in [0.1, 0.15) is 31.4 Å². The van der Waals surface area contributed by atoms with Crippen molar-refractivity contribution >= 4 is 11.0 Å². The summed E-state index contributed by atoms with van der Waals surface area (Å²) in [5.74, 6) is 0. The molecule has 3 aromatic rings. The second-order valence-electron chi connectivity index (χ2n) is 5.19. The van der Waals surface area contributed by atoms with Crippen molar-refractivity contribution in [1.29, 1.82) is 0 Å². The second kappa shape index (κ2) is 4.54. The molecule has 3 rings (SSSR count). The first kappa shape index (κ1) is 12.0. The number of rotatable bonds is 3. The molecule has 2 heteroatoms. The van der Waals surface area contributed by atoms with Crippen molar-refractivity contribution in [1.82, 2.24) is 9.97 Å². The van der Waals surface area contributed by atoms with Crippen molar-refractivity contribution in [3.8, 4) is 0 Å². The van der Waals surface area contributed by atoms with E-state index in [-0.39, 0.29) is 5.41 Å². The maximum absolute atomic E-state index is 4.53. The fourth-order valence-corrected chi connectivity index (χ4v) is 2.62. The van der Waals surface area contributed by atoms with Gasteiger partial charge in [-0.3, -0.25) is 0 Å². The van der Waals surface area contributed by atoms with E-state index >= 15 is 0 Å². The molecule has 1 aromatic carbocycles. The van der Waals surface area contributed by atoms with Gasteiger partial charge in [-0.25, -0.2) is 4.98 Å². The summed E-state index contributed by atoms with van der Waals surface area (Å²) in [6, 6.07) is 15.0. The highest BCUT2D eigenvalue weighted by atomic mass is 14.8. The van der Waals surface area contributed by atoms with Crippen molar-refractivity contribution in [3.05, 3.63) is 66.0 Å². The van der Waals surface area contributed by atoms with Crippen LogP contribution in [0.3, 0.4) is 0 Å². The molecule has 0 spiro atoms. The van der Waals surface area contributed by atoms with E-state index in [1.165, 1.54) is 16.5 Å². The number of hydrogen-bond donors (Lipinski definition) is 1. The molecule has 0 saturated heterocycles. The molecule has 2 nitrogen and oxygen atoms in total. The Morgan fingerprint density at radius 1 is 1.11 bits per heavy atom. The zero-order valence-electron chi connectivity index (χ0n) is 11.4. The number of nitrogens with one attached hydrogen (secondary N) is 1. The molecule has 1 atom stereocenters. The third kappa shape index (κ3) is 1.93. The van der Waals surface area contributed by atoms with Gasteiger partial charge in [0.2, 0.25) is 0 Å². The molecule has 0 aliphatic carbocycles. The fourth-order valence-electron chi connectivity index (χ4n) is 2.62. The van der Waals surface area contributed by atoms with Crippen molar-refractivity contribution in [2.45, 2.75) is 25.7 Å². The molecular weight excluding hydrogens is 232 g/mol. The highest BCUT2D eigenvalue weighted by Crippen LogP contribution is 2.35. The maximum Gasteiger partial charge on any atom is 0.137 e. The van der Waals surface area contributed by atoms with Gasteiger partial charge in [-0.2, -0.15) is 0 Å². The van der Waals surface area contributed by atoms with Gasteiger partial charge in [0.25, 0.3) is 0 Å². The standard InChI is InChI=1S/C17H18N2/c1-3-17(2,14-7-5-4-6-8-14)15-11-13-9-10-18-16(13)19-12-15/h4-12H,3H2,1-2H3,(H,18,19)/t17-/m0/s1. The molecule has 0 aliphatic rings. The van der Waals surface area contributed by atoms with Crippen molar-refractivity contribution in [3.63, 3.8) is 0 Å². The lowest BCUT2D eigenvalue weighted by atomic mass is 9.75. The summed E-state index contributed by atoms with van der Waals surface area (Å²) in [6.45, 7) is 4.52. The average Bonchev–Trinajstić information content (AvgIpc) is 2.94. The third-order valence-electron chi connectivity index (χ3n) is 4.16. The Morgan fingerprint density at radius 2 is 1.89 bits per heavy atom. The zero-order valence-corrected chi connectivity index (χ0v) is 11.4. The SMILES string of the molecule is CC[C@@](C)(c1ccccc1)c1cnc2[nH]ccc2c1. The minimum absolute atomic E-state index is 0.0136. The number of benzene rings is 1. The summed E-state index contributed by atoms with van der Waals surface area (Å²) in [4.78, 5) is 7.67. The molecule has 0 amide bonds. The average molecular weight is 250 g/mol. The summed E-state index contributed by atoms with van der Waals surface area (Å²) in [5, 5.41) is 1.17. The van der Waals surface area contributed by atoms with Crippen molar-refractivity contribution < 1.29 is 0 Å². The number of aromatic amines is 1.